The van der Waals surface area contributed by atoms with Crippen LogP contribution in [0.5, 0.6) is 0 Å². The second-order valence-electron chi connectivity index (χ2n) is 4.63. The lowest BCUT2D eigenvalue weighted by molar-refractivity contribution is -0.140. The summed E-state index contributed by atoms with van der Waals surface area (Å²) in [6.07, 6.45) is 0. The molecule has 0 rings (SSSR count). The second-order valence-corrected chi connectivity index (χ2v) is 5.54. The van der Waals surface area contributed by atoms with Gasteiger partial charge < -0.3 is 20.5 Å². The zero-order chi connectivity index (χ0) is 14.5. The van der Waals surface area contributed by atoms with Crippen molar-refractivity contribution in [1.29, 1.82) is 0 Å². The minimum atomic E-state index is -3.25. The van der Waals surface area contributed by atoms with Crippen LogP contribution in [0.15, 0.2) is 0 Å². The van der Waals surface area contributed by atoms with E-state index in [9.17, 15) is 14.2 Å². The summed E-state index contributed by atoms with van der Waals surface area (Å²) in [7, 11) is -3.25. The average molecular weight is 280 g/mol. The fourth-order valence-corrected chi connectivity index (χ4v) is 1.51. The Morgan fingerprint density at radius 1 is 0.889 bits per heavy atom. The van der Waals surface area contributed by atoms with Crippen molar-refractivity contribution in [2.24, 2.45) is 23.3 Å². The molecule has 0 aliphatic heterocycles. The molecule has 7 nitrogen and oxygen atoms in total. The molecule has 8 heteroatoms. The summed E-state index contributed by atoms with van der Waals surface area (Å²) in [4.78, 5) is 22.7. The second kappa shape index (κ2) is 7.51. The molecule has 0 amide bonds. The van der Waals surface area contributed by atoms with Crippen LogP contribution < -0.4 is 11.5 Å². The van der Waals surface area contributed by atoms with Crippen LogP contribution in [-0.2, 0) is 23.2 Å². The Morgan fingerprint density at radius 3 is 1.39 bits per heavy atom. The highest BCUT2D eigenvalue weighted by atomic mass is 31.1. The topological polar surface area (TPSA) is 122 Å². The van der Waals surface area contributed by atoms with Crippen molar-refractivity contribution in [3.8, 4) is 0 Å². The van der Waals surface area contributed by atoms with Crippen LogP contribution >= 0.6 is 8.25 Å². The fraction of sp³-hybridized carbons (Fsp3) is 0.800. The van der Waals surface area contributed by atoms with Crippen LogP contribution in [0.25, 0.3) is 0 Å². The highest BCUT2D eigenvalue weighted by molar-refractivity contribution is 7.34. The van der Waals surface area contributed by atoms with Gasteiger partial charge in [0, 0.05) is 0 Å². The molecular formula is C10H21N2O5P. The van der Waals surface area contributed by atoms with Crippen LogP contribution in [0.2, 0.25) is 0 Å². The molecule has 18 heavy (non-hydrogen) atoms. The van der Waals surface area contributed by atoms with Crippen LogP contribution in [0.3, 0.4) is 0 Å². The Hall–Kier alpha value is -0.910. The maximum atomic E-state index is 11.3. The number of hydrogen-bond acceptors (Lipinski definition) is 7. The lowest BCUT2D eigenvalue weighted by Crippen LogP contribution is -2.37. The number of hydrogen-bond donors (Lipinski definition) is 2. The van der Waals surface area contributed by atoms with E-state index < -0.39 is 32.3 Å². The third-order valence-corrected chi connectivity index (χ3v) is 3.08. The molecule has 0 radical (unpaired) electrons. The standard InChI is InChI=1S/C10H21N2O5P/c1-5(2)7(11)9(13)16-18(15)17-10(14)8(12)6(3)4/h5-8,18H,11-12H2,1-4H3/t7-,8-/m0/s1. The molecule has 0 bridgehead atoms. The molecule has 0 heterocycles. The first-order valence-electron chi connectivity index (χ1n) is 5.65. The summed E-state index contributed by atoms with van der Waals surface area (Å²) in [6, 6.07) is -1.81. The molecule has 106 valence electrons. The van der Waals surface area contributed by atoms with Gasteiger partial charge in [0.1, 0.15) is 12.1 Å². The zero-order valence-electron chi connectivity index (χ0n) is 11.0. The quantitative estimate of drug-likeness (QED) is 0.676. The smallest absolute Gasteiger partial charge is 0.384 e. The lowest BCUT2D eigenvalue weighted by Gasteiger charge is -2.16. The van der Waals surface area contributed by atoms with Gasteiger partial charge >= 0.3 is 20.2 Å². The number of carbonyl (C=O) groups is 2. The maximum Gasteiger partial charge on any atom is 0.423 e. The molecule has 4 N–H and O–H groups in total. The summed E-state index contributed by atoms with van der Waals surface area (Å²) >= 11 is 0. The highest BCUT2D eigenvalue weighted by Crippen LogP contribution is 2.26. The van der Waals surface area contributed by atoms with E-state index in [0.717, 1.165) is 0 Å². The van der Waals surface area contributed by atoms with Crippen molar-refractivity contribution in [1.82, 2.24) is 0 Å². The van der Waals surface area contributed by atoms with Crippen molar-refractivity contribution in [2.45, 2.75) is 39.8 Å². The highest BCUT2D eigenvalue weighted by Gasteiger charge is 2.25. The molecule has 0 aromatic heterocycles. The van der Waals surface area contributed by atoms with Crippen LogP contribution in [0.4, 0.5) is 0 Å². The summed E-state index contributed by atoms with van der Waals surface area (Å²) in [5.74, 6) is -2.05. The first kappa shape index (κ1) is 17.1. The van der Waals surface area contributed by atoms with E-state index >= 15 is 0 Å². The molecule has 2 atom stereocenters. The van der Waals surface area contributed by atoms with E-state index in [0.29, 0.717) is 0 Å². The molecule has 0 aromatic rings. The normalized spacial score (nSPS) is 14.7. The average Bonchev–Trinajstić information content (AvgIpc) is 2.25. The Morgan fingerprint density at radius 2 is 1.17 bits per heavy atom. The van der Waals surface area contributed by atoms with E-state index in [2.05, 4.69) is 9.05 Å². The van der Waals surface area contributed by atoms with Gasteiger partial charge in [0.05, 0.1) is 0 Å². The number of nitrogens with two attached hydrogens (primary N) is 2. The molecule has 0 fully saturated rings. The molecule has 0 aromatic carbocycles. The molecule has 0 unspecified atom stereocenters. The van der Waals surface area contributed by atoms with Gasteiger partial charge in [-0.15, -0.1) is 0 Å². The van der Waals surface area contributed by atoms with Crippen LogP contribution in [-0.4, -0.2) is 24.0 Å². The predicted molar refractivity (Wildman–Crippen MR) is 66.8 cm³/mol. The SMILES string of the molecule is CC(C)[C@H](N)C(=O)O[PH](=O)OC(=O)[C@@H](N)C(C)C. The largest absolute Gasteiger partial charge is 0.423 e. The number of rotatable bonds is 6. The summed E-state index contributed by atoms with van der Waals surface area (Å²) in [5, 5.41) is 0. The molecule has 0 aliphatic rings. The monoisotopic (exact) mass is 280 g/mol. The van der Waals surface area contributed by atoms with Crippen molar-refractivity contribution >= 4 is 20.2 Å². The van der Waals surface area contributed by atoms with Gasteiger partial charge in [-0.05, 0) is 11.8 Å². The van der Waals surface area contributed by atoms with Gasteiger partial charge in [0.2, 0.25) is 0 Å². The molecule has 0 saturated heterocycles. The van der Waals surface area contributed by atoms with Gasteiger partial charge in [-0.2, -0.15) is 0 Å². The maximum absolute atomic E-state index is 11.3. The molecule has 0 spiro atoms. The van der Waals surface area contributed by atoms with Crippen molar-refractivity contribution in [2.75, 3.05) is 0 Å². The van der Waals surface area contributed by atoms with Gasteiger partial charge in [0.15, 0.2) is 0 Å². The Bertz CT molecular complexity index is 302. The van der Waals surface area contributed by atoms with Crippen LogP contribution in [0.1, 0.15) is 27.7 Å². The van der Waals surface area contributed by atoms with Gasteiger partial charge in [0.25, 0.3) is 0 Å². The first-order valence-corrected chi connectivity index (χ1v) is 6.87. The lowest BCUT2D eigenvalue weighted by atomic mass is 10.1. The van der Waals surface area contributed by atoms with Crippen LogP contribution in [0, 0.1) is 11.8 Å². The minimum Gasteiger partial charge on any atom is -0.384 e. The van der Waals surface area contributed by atoms with Crippen molar-refractivity contribution in [3.63, 3.8) is 0 Å². The first-order chi connectivity index (χ1) is 8.16. The minimum absolute atomic E-state index is 0.166. The van der Waals surface area contributed by atoms with E-state index in [1.54, 1.807) is 27.7 Å². The third kappa shape index (κ3) is 5.62. The fourth-order valence-electron chi connectivity index (χ4n) is 0.866. The van der Waals surface area contributed by atoms with Gasteiger partial charge in [-0.1, -0.05) is 27.7 Å². The Kier molecular flexibility index (Phi) is 7.13. The summed E-state index contributed by atoms with van der Waals surface area (Å²) in [5.41, 5.74) is 11.0. The number of carbonyl (C=O) groups excluding carboxylic acids is 2. The van der Waals surface area contributed by atoms with E-state index in [1.165, 1.54) is 0 Å². The molecule has 0 aliphatic carbocycles. The van der Waals surface area contributed by atoms with Crippen molar-refractivity contribution < 1.29 is 23.2 Å². The van der Waals surface area contributed by atoms with Gasteiger partial charge in [-0.25, -0.2) is 14.2 Å². The molecule has 0 saturated carbocycles. The van der Waals surface area contributed by atoms with E-state index in [1.807, 2.05) is 0 Å². The van der Waals surface area contributed by atoms with E-state index in [-0.39, 0.29) is 11.8 Å². The van der Waals surface area contributed by atoms with E-state index in [4.69, 9.17) is 11.5 Å². The summed E-state index contributed by atoms with van der Waals surface area (Å²) < 4.78 is 20.2. The molecular weight excluding hydrogens is 259 g/mol. The summed E-state index contributed by atoms with van der Waals surface area (Å²) in [6.45, 7) is 6.85. The predicted octanol–water partition coefficient (Wildman–Crippen LogP) is 0.429. The zero-order valence-corrected chi connectivity index (χ0v) is 12.0. The Labute approximate surface area is 107 Å². The van der Waals surface area contributed by atoms with Gasteiger partial charge in [-0.3, -0.25) is 0 Å². The third-order valence-electron chi connectivity index (χ3n) is 2.35. The Balaban J connectivity index is 4.28. The van der Waals surface area contributed by atoms with Crippen molar-refractivity contribution in [3.05, 3.63) is 0 Å².